The van der Waals surface area contributed by atoms with Crippen molar-refractivity contribution in [3.05, 3.63) is 28.2 Å². The Bertz CT molecular complexity index is 328. The van der Waals surface area contributed by atoms with E-state index in [1.807, 2.05) is 18.4 Å². The Morgan fingerprint density at radius 1 is 1.50 bits per heavy atom. The van der Waals surface area contributed by atoms with Crippen molar-refractivity contribution in [2.75, 3.05) is 0 Å². The average molecular weight is 167 g/mol. The van der Waals surface area contributed by atoms with Crippen LogP contribution in [0.5, 0.6) is 5.75 Å². The lowest BCUT2D eigenvalue weighted by Gasteiger charge is -2.10. The van der Waals surface area contributed by atoms with Crippen molar-refractivity contribution >= 4 is 0 Å². The van der Waals surface area contributed by atoms with E-state index in [9.17, 15) is 9.90 Å². The molecule has 0 spiro atoms. The Morgan fingerprint density at radius 2 is 2.17 bits per heavy atom. The number of hydrogen-bond donors (Lipinski definition) is 1. The second kappa shape index (κ2) is 3.43. The van der Waals surface area contributed by atoms with Crippen LogP contribution in [0.15, 0.2) is 17.1 Å². The largest absolute Gasteiger partial charge is 0.503 e. The number of aromatic nitrogens is 1. The summed E-state index contributed by atoms with van der Waals surface area (Å²) in [4.78, 5) is 11.0. The highest BCUT2D eigenvalue weighted by molar-refractivity contribution is 5.26. The minimum atomic E-state index is -0.295. The highest BCUT2D eigenvalue weighted by atomic mass is 16.3. The van der Waals surface area contributed by atoms with Gasteiger partial charge in [-0.25, -0.2) is 0 Å². The number of aromatic hydroxyl groups is 1. The molecule has 1 N–H and O–H groups in total. The minimum absolute atomic E-state index is 0.109. The molecule has 1 aromatic rings. The summed E-state index contributed by atoms with van der Waals surface area (Å²) in [6.07, 6.45) is 2.39. The molecule has 0 aliphatic heterocycles. The van der Waals surface area contributed by atoms with E-state index in [0.717, 1.165) is 6.54 Å². The van der Waals surface area contributed by atoms with Gasteiger partial charge >= 0.3 is 0 Å². The zero-order chi connectivity index (χ0) is 9.14. The predicted molar refractivity (Wildman–Crippen MR) is 47.4 cm³/mol. The number of pyridine rings is 1. The van der Waals surface area contributed by atoms with E-state index in [2.05, 4.69) is 0 Å². The first-order valence-corrected chi connectivity index (χ1v) is 4.12. The highest BCUT2D eigenvalue weighted by Gasteiger charge is 2.05. The van der Waals surface area contributed by atoms with Crippen molar-refractivity contribution in [1.29, 1.82) is 0 Å². The lowest BCUT2D eigenvalue weighted by Crippen LogP contribution is -2.10. The van der Waals surface area contributed by atoms with E-state index in [4.69, 9.17) is 0 Å². The molecule has 0 aliphatic rings. The third-order valence-electron chi connectivity index (χ3n) is 1.93. The van der Waals surface area contributed by atoms with Crippen molar-refractivity contribution in [2.45, 2.75) is 26.8 Å². The van der Waals surface area contributed by atoms with Crippen LogP contribution >= 0.6 is 0 Å². The Balaban J connectivity index is 3.35. The maximum absolute atomic E-state index is 11.0. The summed E-state index contributed by atoms with van der Waals surface area (Å²) in [6, 6.07) is 1.39. The van der Waals surface area contributed by atoms with Gasteiger partial charge in [0.1, 0.15) is 0 Å². The van der Waals surface area contributed by atoms with Crippen molar-refractivity contribution in [1.82, 2.24) is 4.57 Å². The first kappa shape index (κ1) is 8.84. The van der Waals surface area contributed by atoms with Crippen molar-refractivity contribution in [3.8, 4) is 5.75 Å². The number of aryl methyl sites for hydroxylation is 1. The Hall–Kier alpha value is -1.25. The van der Waals surface area contributed by atoms with Crippen LogP contribution in [-0.2, 0) is 13.0 Å². The van der Waals surface area contributed by atoms with Gasteiger partial charge in [-0.15, -0.1) is 0 Å². The molecule has 0 atom stereocenters. The maximum Gasteiger partial charge on any atom is 0.223 e. The molecular weight excluding hydrogens is 154 g/mol. The molecule has 0 aromatic carbocycles. The molecule has 66 valence electrons. The number of nitrogens with zero attached hydrogens (tertiary/aromatic N) is 1. The van der Waals surface area contributed by atoms with Gasteiger partial charge in [-0.05, 0) is 13.3 Å². The summed E-state index contributed by atoms with van der Waals surface area (Å²) in [5, 5.41) is 9.38. The van der Waals surface area contributed by atoms with Gasteiger partial charge in [0.15, 0.2) is 5.75 Å². The smallest absolute Gasteiger partial charge is 0.223 e. The topological polar surface area (TPSA) is 42.2 Å². The molecule has 0 amide bonds. The molecule has 0 aliphatic carbocycles. The second-order valence-corrected chi connectivity index (χ2v) is 2.61. The molecule has 0 saturated carbocycles. The van der Waals surface area contributed by atoms with Gasteiger partial charge < -0.3 is 9.67 Å². The normalized spacial score (nSPS) is 10.2. The molecule has 3 nitrogen and oxygen atoms in total. The second-order valence-electron chi connectivity index (χ2n) is 2.61. The van der Waals surface area contributed by atoms with Crippen molar-refractivity contribution in [3.63, 3.8) is 0 Å². The number of rotatable bonds is 2. The number of hydrogen-bond acceptors (Lipinski definition) is 2. The monoisotopic (exact) mass is 167 g/mol. The van der Waals surface area contributed by atoms with E-state index in [1.165, 1.54) is 6.07 Å². The van der Waals surface area contributed by atoms with Gasteiger partial charge in [0, 0.05) is 18.8 Å². The van der Waals surface area contributed by atoms with E-state index in [-0.39, 0.29) is 11.2 Å². The molecule has 0 unspecified atom stereocenters. The average Bonchev–Trinajstić information content (AvgIpc) is 2.09. The van der Waals surface area contributed by atoms with Crippen LogP contribution in [0.3, 0.4) is 0 Å². The zero-order valence-corrected chi connectivity index (χ0v) is 7.37. The van der Waals surface area contributed by atoms with Crippen molar-refractivity contribution in [2.24, 2.45) is 0 Å². The minimum Gasteiger partial charge on any atom is -0.503 e. The van der Waals surface area contributed by atoms with Crippen LogP contribution < -0.4 is 5.43 Å². The Morgan fingerprint density at radius 3 is 2.67 bits per heavy atom. The molecule has 1 rings (SSSR count). The Labute approximate surface area is 71.3 Å². The first-order valence-electron chi connectivity index (χ1n) is 4.12. The molecule has 1 heterocycles. The molecule has 3 heteroatoms. The lowest BCUT2D eigenvalue weighted by atomic mass is 10.2. The maximum atomic E-state index is 11.0. The highest BCUT2D eigenvalue weighted by Crippen LogP contribution is 2.11. The SMILES string of the molecule is CCc1c(O)c(=O)ccn1CC. The van der Waals surface area contributed by atoms with E-state index < -0.39 is 0 Å². The van der Waals surface area contributed by atoms with Gasteiger partial charge in [0.2, 0.25) is 5.43 Å². The quantitative estimate of drug-likeness (QED) is 0.717. The lowest BCUT2D eigenvalue weighted by molar-refractivity contribution is 0.450. The van der Waals surface area contributed by atoms with Crippen LogP contribution in [0.4, 0.5) is 0 Å². The van der Waals surface area contributed by atoms with Gasteiger partial charge in [0.25, 0.3) is 0 Å². The molecule has 0 saturated heterocycles. The fourth-order valence-electron chi connectivity index (χ4n) is 1.27. The van der Waals surface area contributed by atoms with Crippen molar-refractivity contribution < 1.29 is 5.11 Å². The zero-order valence-electron chi connectivity index (χ0n) is 7.37. The summed E-state index contributed by atoms with van der Waals surface area (Å²) in [5.41, 5.74) is 0.418. The fraction of sp³-hybridized carbons (Fsp3) is 0.444. The molecule has 0 radical (unpaired) electrons. The first-order chi connectivity index (χ1) is 5.70. The van der Waals surface area contributed by atoms with Gasteiger partial charge in [-0.3, -0.25) is 4.79 Å². The molecule has 12 heavy (non-hydrogen) atoms. The molecular formula is C9H13NO2. The van der Waals surface area contributed by atoms with E-state index >= 15 is 0 Å². The summed E-state index contributed by atoms with van der Waals surface area (Å²) >= 11 is 0. The van der Waals surface area contributed by atoms with Gasteiger partial charge in [0.05, 0.1) is 5.69 Å². The van der Waals surface area contributed by atoms with Gasteiger partial charge in [-0.2, -0.15) is 0 Å². The summed E-state index contributed by atoms with van der Waals surface area (Å²) < 4.78 is 1.87. The Kier molecular flexibility index (Phi) is 2.53. The van der Waals surface area contributed by atoms with E-state index in [1.54, 1.807) is 6.20 Å². The third kappa shape index (κ3) is 1.35. The van der Waals surface area contributed by atoms with Crippen LogP contribution in [0.2, 0.25) is 0 Å². The standard InChI is InChI=1S/C9H13NO2/c1-3-7-9(12)8(11)5-6-10(7)4-2/h5-6,12H,3-4H2,1-2H3. The van der Waals surface area contributed by atoms with Crippen LogP contribution in [0.25, 0.3) is 0 Å². The summed E-state index contributed by atoms with van der Waals surface area (Å²) in [5.74, 6) is -0.109. The fourth-order valence-corrected chi connectivity index (χ4v) is 1.27. The summed E-state index contributed by atoms with van der Waals surface area (Å²) in [6.45, 7) is 4.67. The van der Waals surface area contributed by atoms with Gasteiger partial charge in [-0.1, -0.05) is 6.92 Å². The molecule has 0 bridgehead atoms. The van der Waals surface area contributed by atoms with Crippen LogP contribution in [0, 0.1) is 0 Å². The predicted octanol–water partition coefficient (Wildman–Crippen LogP) is 1.14. The van der Waals surface area contributed by atoms with E-state index in [0.29, 0.717) is 12.1 Å². The van der Waals surface area contributed by atoms with Crippen LogP contribution in [-0.4, -0.2) is 9.67 Å². The third-order valence-corrected chi connectivity index (χ3v) is 1.93. The van der Waals surface area contributed by atoms with Crippen LogP contribution in [0.1, 0.15) is 19.5 Å². The summed E-state index contributed by atoms with van der Waals surface area (Å²) in [7, 11) is 0. The molecule has 0 fully saturated rings. The molecule has 1 aromatic heterocycles.